The Labute approximate surface area is 112 Å². The minimum absolute atomic E-state index is 0.220. The third-order valence-corrected chi connectivity index (χ3v) is 3.48. The minimum Gasteiger partial charge on any atom is -0.478 e. The molecule has 0 atom stereocenters. The number of aromatic carboxylic acids is 2. The lowest BCUT2D eigenvalue weighted by Crippen LogP contribution is -2.07. The van der Waals surface area contributed by atoms with E-state index in [9.17, 15) is 19.7 Å². The molecular weight excluding hydrogens is 274 g/mol. The molecule has 0 fully saturated rings. The van der Waals surface area contributed by atoms with Gasteiger partial charge in [-0.05, 0) is 18.2 Å². The van der Waals surface area contributed by atoms with Crippen molar-refractivity contribution in [1.29, 1.82) is 0 Å². The molecule has 102 valence electrons. The summed E-state index contributed by atoms with van der Waals surface area (Å²) in [7, 11) is 0. The predicted octanol–water partition coefficient (Wildman–Crippen LogP) is 2.49. The Balaban J connectivity index is 3.45. The van der Waals surface area contributed by atoms with Gasteiger partial charge in [0.2, 0.25) is 0 Å². The van der Waals surface area contributed by atoms with Crippen LogP contribution in [0.15, 0.2) is 17.0 Å². The summed E-state index contributed by atoms with van der Waals surface area (Å²) in [5.74, 6) is -2.18. The summed E-state index contributed by atoms with van der Waals surface area (Å²) >= 11 is 1.16. The van der Waals surface area contributed by atoms with Crippen LogP contribution in [0, 0.1) is 10.1 Å². The zero-order chi connectivity index (χ0) is 14.6. The summed E-state index contributed by atoms with van der Waals surface area (Å²) in [5.41, 5.74) is -1.48. The van der Waals surface area contributed by atoms with Crippen LogP contribution in [0.2, 0.25) is 0 Å². The first kappa shape index (κ1) is 15.0. The lowest BCUT2D eigenvalue weighted by molar-refractivity contribution is -0.385. The Morgan fingerprint density at radius 1 is 1.26 bits per heavy atom. The molecule has 7 nitrogen and oxygen atoms in total. The highest BCUT2D eigenvalue weighted by molar-refractivity contribution is 7.99. The quantitative estimate of drug-likeness (QED) is 0.468. The van der Waals surface area contributed by atoms with Crippen LogP contribution in [0.5, 0.6) is 0 Å². The van der Waals surface area contributed by atoms with Gasteiger partial charge >= 0.3 is 11.9 Å². The van der Waals surface area contributed by atoms with Gasteiger partial charge in [-0.2, -0.15) is 0 Å². The van der Waals surface area contributed by atoms with E-state index < -0.39 is 28.1 Å². The van der Waals surface area contributed by atoms with Crippen LogP contribution in [-0.2, 0) is 0 Å². The number of rotatable bonds is 6. The number of carbonyl (C=O) groups is 2. The molecule has 0 aliphatic carbocycles. The third-order valence-electron chi connectivity index (χ3n) is 2.22. The van der Waals surface area contributed by atoms with E-state index in [0.717, 1.165) is 30.3 Å². The van der Waals surface area contributed by atoms with Crippen molar-refractivity contribution in [2.75, 3.05) is 5.75 Å². The summed E-state index contributed by atoms with van der Waals surface area (Å²) in [5, 5.41) is 28.7. The fourth-order valence-electron chi connectivity index (χ4n) is 1.39. The van der Waals surface area contributed by atoms with Gasteiger partial charge in [0.25, 0.3) is 5.69 Å². The second-order valence-corrected chi connectivity index (χ2v) is 4.72. The highest BCUT2D eigenvalue weighted by Gasteiger charge is 2.25. The molecule has 0 bridgehead atoms. The molecule has 1 aromatic rings. The van der Waals surface area contributed by atoms with Gasteiger partial charge in [0.05, 0.1) is 10.5 Å². The van der Waals surface area contributed by atoms with Gasteiger partial charge in [0.1, 0.15) is 5.56 Å². The Bertz CT molecular complexity index is 542. The fraction of sp³-hybridized carbons (Fsp3) is 0.273. The van der Waals surface area contributed by atoms with E-state index in [-0.39, 0.29) is 10.5 Å². The van der Waals surface area contributed by atoms with Crippen molar-refractivity contribution in [3.8, 4) is 0 Å². The molecule has 8 heteroatoms. The molecule has 1 aromatic carbocycles. The Morgan fingerprint density at radius 3 is 2.26 bits per heavy atom. The molecular formula is C11H11NO6S. The first-order valence-electron chi connectivity index (χ1n) is 5.30. The van der Waals surface area contributed by atoms with Crippen LogP contribution < -0.4 is 0 Å². The molecule has 1 rings (SSSR count). The number of nitrogens with zero attached hydrogens (tertiary/aromatic N) is 1. The summed E-state index contributed by atoms with van der Waals surface area (Å²) < 4.78 is 0. The number of hydrogen-bond donors (Lipinski definition) is 2. The largest absolute Gasteiger partial charge is 0.478 e. The van der Waals surface area contributed by atoms with E-state index in [4.69, 9.17) is 10.2 Å². The van der Waals surface area contributed by atoms with Crippen molar-refractivity contribution in [2.45, 2.75) is 18.2 Å². The van der Waals surface area contributed by atoms with Gasteiger partial charge < -0.3 is 10.2 Å². The van der Waals surface area contributed by atoms with Crippen LogP contribution in [0.4, 0.5) is 5.69 Å². The number of carboxylic acids is 2. The summed E-state index contributed by atoms with van der Waals surface area (Å²) in [6, 6.07) is 1.84. The summed E-state index contributed by atoms with van der Waals surface area (Å²) in [6.45, 7) is 1.89. The third kappa shape index (κ3) is 3.44. The molecule has 0 spiro atoms. The maximum Gasteiger partial charge on any atom is 0.342 e. The smallest absolute Gasteiger partial charge is 0.342 e. The van der Waals surface area contributed by atoms with E-state index in [1.54, 1.807) is 0 Å². The summed E-state index contributed by atoms with van der Waals surface area (Å²) in [4.78, 5) is 32.1. The molecule has 0 radical (unpaired) electrons. The number of thioether (sulfide) groups is 1. The Morgan fingerprint density at radius 2 is 1.84 bits per heavy atom. The molecule has 0 aromatic heterocycles. The van der Waals surface area contributed by atoms with Gasteiger partial charge in [-0.3, -0.25) is 10.1 Å². The van der Waals surface area contributed by atoms with E-state index in [1.807, 2.05) is 6.92 Å². The lowest BCUT2D eigenvalue weighted by Gasteiger charge is -2.07. The monoisotopic (exact) mass is 285 g/mol. The molecule has 0 saturated carbocycles. The molecule has 0 amide bonds. The van der Waals surface area contributed by atoms with Crippen LogP contribution >= 0.6 is 11.8 Å². The van der Waals surface area contributed by atoms with Crippen molar-refractivity contribution in [1.82, 2.24) is 0 Å². The maximum atomic E-state index is 11.1. The second-order valence-electron chi connectivity index (χ2n) is 3.58. The van der Waals surface area contributed by atoms with Crippen molar-refractivity contribution >= 4 is 29.4 Å². The molecule has 19 heavy (non-hydrogen) atoms. The molecule has 2 N–H and O–H groups in total. The van der Waals surface area contributed by atoms with Crippen molar-refractivity contribution in [3.05, 3.63) is 33.4 Å². The van der Waals surface area contributed by atoms with Crippen molar-refractivity contribution < 1.29 is 24.7 Å². The van der Waals surface area contributed by atoms with Crippen LogP contribution in [0.25, 0.3) is 0 Å². The molecule has 0 heterocycles. The van der Waals surface area contributed by atoms with Crippen molar-refractivity contribution in [2.24, 2.45) is 0 Å². The predicted molar refractivity (Wildman–Crippen MR) is 68.0 cm³/mol. The average molecular weight is 285 g/mol. The minimum atomic E-state index is -1.46. The standard InChI is InChI=1S/C11H11NO6S/c1-2-3-19-9-5-6(10(13)14)8(12(17)18)4-7(9)11(15)16/h4-5H,2-3H2,1H3,(H,13,14)(H,15,16). The van der Waals surface area contributed by atoms with Crippen LogP contribution in [0.1, 0.15) is 34.1 Å². The summed E-state index contributed by atoms with van der Waals surface area (Å²) in [6.07, 6.45) is 0.767. The van der Waals surface area contributed by atoms with Gasteiger partial charge in [-0.25, -0.2) is 9.59 Å². The number of benzene rings is 1. The Hall–Kier alpha value is -2.09. The zero-order valence-electron chi connectivity index (χ0n) is 9.95. The Kier molecular flexibility index (Phi) is 4.87. The SMILES string of the molecule is CCCSc1cc(C(=O)O)c([N+](=O)[O-])cc1C(=O)O. The van der Waals surface area contributed by atoms with Gasteiger partial charge in [0.15, 0.2) is 0 Å². The number of nitro benzene ring substituents is 1. The molecule has 0 aliphatic heterocycles. The fourth-order valence-corrected chi connectivity index (χ4v) is 2.32. The van der Waals surface area contributed by atoms with E-state index >= 15 is 0 Å². The molecule has 0 unspecified atom stereocenters. The van der Waals surface area contributed by atoms with Crippen LogP contribution in [0.3, 0.4) is 0 Å². The van der Waals surface area contributed by atoms with Gasteiger partial charge in [-0.15, -0.1) is 11.8 Å². The molecule has 0 saturated heterocycles. The van der Waals surface area contributed by atoms with Gasteiger partial charge in [-0.1, -0.05) is 6.92 Å². The highest BCUT2D eigenvalue weighted by Crippen LogP contribution is 2.30. The van der Waals surface area contributed by atoms with Gasteiger partial charge in [0, 0.05) is 11.0 Å². The maximum absolute atomic E-state index is 11.1. The number of hydrogen-bond acceptors (Lipinski definition) is 5. The number of nitro groups is 1. The first-order valence-corrected chi connectivity index (χ1v) is 6.28. The normalized spacial score (nSPS) is 10.2. The zero-order valence-corrected chi connectivity index (χ0v) is 10.8. The average Bonchev–Trinajstić information content (AvgIpc) is 2.34. The highest BCUT2D eigenvalue weighted by atomic mass is 32.2. The number of carboxylic acid groups (broad SMARTS) is 2. The van der Waals surface area contributed by atoms with E-state index in [1.165, 1.54) is 0 Å². The van der Waals surface area contributed by atoms with Crippen LogP contribution in [-0.4, -0.2) is 32.8 Å². The van der Waals surface area contributed by atoms with Crippen molar-refractivity contribution in [3.63, 3.8) is 0 Å². The van der Waals surface area contributed by atoms with E-state index in [0.29, 0.717) is 5.75 Å². The lowest BCUT2D eigenvalue weighted by atomic mass is 10.1. The molecule has 0 aliphatic rings. The second kappa shape index (κ2) is 6.19. The first-order chi connectivity index (χ1) is 8.88. The topological polar surface area (TPSA) is 118 Å². The van der Waals surface area contributed by atoms with E-state index in [2.05, 4.69) is 0 Å².